The van der Waals surface area contributed by atoms with E-state index in [-0.39, 0.29) is 11.5 Å². The monoisotopic (exact) mass is 244 g/mol. The van der Waals surface area contributed by atoms with Crippen molar-refractivity contribution in [1.82, 2.24) is 9.97 Å². The van der Waals surface area contributed by atoms with Crippen LogP contribution in [-0.4, -0.2) is 15.9 Å². The predicted molar refractivity (Wildman–Crippen MR) is 69.5 cm³/mol. The fourth-order valence-corrected chi connectivity index (χ4v) is 1.47. The zero-order valence-electron chi connectivity index (χ0n) is 9.90. The molecule has 1 aromatic heterocycles. The molecule has 2 rings (SSSR count). The molecule has 2 aromatic rings. The summed E-state index contributed by atoms with van der Waals surface area (Å²) in [5, 5.41) is 2.95. The first kappa shape index (κ1) is 11.8. The summed E-state index contributed by atoms with van der Waals surface area (Å²) in [4.78, 5) is 20.7. The van der Waals surface area contributed by atoms with Crippen molar-refractivity contribution in [3.63, 3.8) is 0 Å². The van der Waals surface area contributed by atoms with Crippen LogP contribution in [0.3, 0.4) is 0 Å². The van der Waals surface area contributed by atoms with Gasteiger partial charge in [-0.25, -0.2) is 9.98 Å². The van der Waals surface area contributed by atoms with E-state index in [1.54, 1.807) is 6.92 Å². The van der Waals surface area contributed by atoms with Crippen LogP contribution in [0.5, 0.6) is 0 Å². The van der Waals surface area contributed by atoms with Crippen LogP contribution in [0.15, 0.2) is 41.2 Å². The van der Waals surface area contributed by atoms with Crippen LogP contribution in [0.1, 0.15) is 5.69 Å². The number of nitrogens with two attached hydrogens (primary N) is 1. The van der Waals surface area contributed by atoms with Gasteiger partial charge in [-0.15, -0.1) is 4.98 Å². The smallest absolute Gasteiger partial charge is 0.322 e. The molecule has 0 atom stereocenters. The molecule has 92 valence electrons. The van der Waals surface area contributed by atoms with Crippen molar-refractivity contribution >= 4 is 17.6 Å². The van der Waals surface area contributed by atoms with Crippen molar-refractivity contribution in [2.24, 2.45) is 5.73 Å². The van der Waals surface area contributed by atoms with E-state index in [4.69, 9.17) is 5.73 Å². The number of para-hydroxylation sites is 1. The fraction of sp³-hybridized carbons (Fsp3) is 0.0833. The molecular weight excluding hydrogens is 230 g/mol. The molecule has 6 nitrogen and oxygen atoms in total. The molecule has 0 radical (unpaired) electrons. The Hall–Kier alpha value is -2.63. The summed E-state index contributed by atoms with van der Waals surface area (Å²) in [5.41, 5.74) is 7.01. The quantitative estimate of drug-likeness (QED) is 0.411. The number of aryl methyl sites for hydroxylation is 1. The number of aromatic nitrogens is 2. The number of nitrogens with one attached hydrogen (secondary N) is 3. The van der Waals surface area contributed by atoms with Crippen molar-refractivity contribution in [3.05, 3.63) is 52.4 Å². The molecule has 18 heavy (non-hydrogen) atoms. The van der Waals surface area contributed by atoms with Gasteiger partial charge in [0.1, 0.15) is 0 Å². The fourth-order valence-electron chi connectivity index (χ4n) is 1.47. The second kappa shape index (κ2) is 5.13. The highest BCUT2D eigenvalue weighted by molar-refractivity contribution is 5.88. The lowest BCUT2D eigenvalue weighted by molar-refractivity contribution is -0.365. The second-order valence-electron chi connectivity index (χ2n) is 3.77. The van der Waals surface area contributed by atoms with Crippen molar-refractivity contribution < 1.29 is 4.99 Å². The Morgan fingerprint density at radius 1 is 1.39 bits per heavy atom. The topological polar surface area (TPSA) is 97.8 Å². The van der Waals surface area contributed by atoms with Crippen LogP contribution >= 0.6 is 0 Å². The molecule has 6 heteroatoms. The minimum absolute atomic E-state index is 0.225. The van der Waals surface area contributed by atoms with E-state index in [2.05, 4.69) is 20.3 Å². The first-order valence-corrected chi connectivity index (χ1v) is 5.43. The van der Waals surface area contributed by atoms with Crippen LogP contribution < -0.4 is 21.6 Å². The Bertz CT molecular complexity index is 618. The molecule has 0 saturated heterocycles. The van der Waals surface area contributed by atoms with Crippen LogP contribution in [0, 0.1) is 6.92 Å². The van der Waals surface area contributed by atoms with Crippen LogP contribution in [-0.2, 0) is 0 Å². The number of H-pyrrole nitrogens is 1. The maximum atomic E-state index is 11.2. The molecule has 0 bridgehead atoms. The van der Waals surface area contributed by atoms with Crippen LogP contribution in [0.4, 0.5) is 11.6 Å². The summed E-state index contributed by atoms with van der Waals surface area (Å²) in [6, 6.07) is 10.9. The van der Waals surface area contributed by atoms with Gasteiger partial charge in [0.25, 0.3) is 11.5 Å². The lowest BCUT2D eigenvalue weighted by atomic mass is 10.3. The maximum absolute atomic E-state index is 11.2. The van der Waals surface area contributed by atoms with Gasteiger partial charge in [-0.2, -0.15) is 0 Å². The molecule has 0 spiro atoms. The normalized spacial score (nSPS) is 11.3. The van der Waals surface area contributed by atoms with Crippen molar-refractivity contribution in [1.29, 1.82) is 0 Å². The summed E-state index contributed by atoms with van der Waals surface area (Å²) in [5.74, 6) is 0.593. The Morgan fingerprint density at radius 3 is 2.78 bits per heavy atom. The molecule has 0 aliphatic heterocycles. The van der Waals surface area contributed by atoms with E-state index in [1.807, 2.05) is 30.3 Å². The highest BCUT2D eigenvalue weighted by atomic mass is 16.1. The molecular formula is C12H14N5O+. The standard InChI is InChI=1S/C12H13N5O/c1-8-7-10(18)16-12(14-8)17-11(13)15-9-5-3-2-4-6-9/h2-7H,1H3,(H4,13,14,15,16,17,18)/p+1. The third kappa shape index (κ3) is 3.18. The highest BCUT2D eigenvalue weighted by Gasteiger charge is 2.03. The number of hydrogen-bond donors (Lipinski definition) is 4. The average molecular weight is 244 g/mol. The Kier molecular flexibility index (Phi) is 3.38. The van der Waals surface area contributed by atoms with Gasteiger partial charge in [0.15, 0.2) is 0 Å². The van der Waals surface area contributed by atoms with E-state index in [0.717, 1.165) is 5.69 Å². The van der Waals surface area contributed by atoms with Gasteiger partial charge in [-0.3, -0.25) is 10.1 Å². The molecule has 0 fully saturated rings. The van der Waals surface area contributed by atoms with E-state index in [1.165, 1.54) is 6.07 Å². The van der Waals surface area contributed by atoms with Gasteiger partial charge in [0.05, 0.1) is 11.4 Å². The minimum Gasteiger partial charge on any atom is -0.322 e. The number of guanidine groups is 1. The summed E-state index contributed by atoms with van der Waals surface area (Å²) < 4.78 is 0. The predicted octanol–water partition coefficient (Wildman–Crippen LogP) is -0.783. The number of benzene rings is 1. The summed E-state index contributed by atoms with van der Waals surface area (Å²) in [7, 11) is 0. The number of aromatic amines is 1. The SMILES string of the molecule is Cc1cc(=O)[nH]c([NH+]=C(N)Nc2ccccc2)n1. The first-order chi connectivity index (χ1) is 8.63. The third-order valence-corrected chi connectivity index (χ3v) is 2.18. The minimum atomic E-state index is -0.225. The molecule has 0 aliphatic carbocycles. The van der Waals surface area contributed by atoms with Crippen molar-refractivity contribution in [2.75, 3.05) is 5.32 Å². The van der Waals surface area contributed by atoms with E-state index >= 15 is 0 Å². The van der Waals surface area contributed by atoms with E-state index in [0.29, 0.717) is 11.6 Å². The molecule has 0 amide bonds. The average Bonchev–Trinajstić information content (AvgIpc) is 2.28. The number of rotatable bonds is 2. The Morgan fingerprint density at radius 2 is 2.11 bits per heavy atom. The Labute approximate surface area is 104 Å². The Balaban J connectivity index is 2.20. The molecule has 0 aliphatic rings. The highest BCUT2D eigenvalue weighted by Crippen LogP contribution is 2.02. The summed E-state index contributed by atoms with van der Waals surface area (Å²) in [6.07, 6.45) is 0. The molecule has 0 saturated carbocycles. The lowest BCUT2D eigenvalue weighted by Gasteiger charge is -2.00. The van der Waals surface area contributed by atoms with Gasteiger partial charge in [0.2, 0.25) is 0 Å². The second-order valence-corrected chi connectivity index (χ2v) is 3.77. The van der Waals surface area contributed by atoms with E-state index in [9.17, 15) is 4.79 Å². The van der Waals surface area contributed by atoms with Gasteiger partial charge in [0, 0.05) is 6.07 Å². The molecule has 5 N–H and O–H groups in total. The van der Waals surface area contributed by atoms with Crippen molar-refractivity contribution in [3.8, 4) is 0 Å². The number of nitrogens with zero attached hydrogens (tertiary/aromatic N) is 1. The van der Waals surface area contributed by atoms with Gasteiger partial charge >= 0.3 is 5.95 Å². The molecule has 0 unspecified atom stereocenters. The van der Waals surface area contributed by atoms with Gasteiger partial charge in [-0.05, 0) is 19.1 Å². The summed E-state index contributed by atoms with van der Waals surface area (Å²) >= 11 is 0. The lowest BCUT2D eigenvalue weighted by Crippen LogP contribution is -2.73. The summed E-state index contributed by atoms with van der Waals surface area (Å²) in [6.45, 7) is 1.74. The van der Waals surface area contributed by atoms with Gasteiger partial charge in [-0.1, -0.05) is 18.2 Å². The molecule has 1 aromatic carbocycles. The first-order valence-electron chi connectivity index (χ1n) is 5.43. The van der Waals surface area contributed by atoms with Crippen LogP contribution in [0.25, 0.3) is 0 Å². The molecule has 1 heterocycles. The van der Waals surface area contributed by atoms with Crippen LogP contribution in [0.2, 0.25) is 0 Å². The van der Waals surface area contributed by atoms with Crippen molar-refractivity contribution in [2.45, 2.75) is 6.92 Å². The van der Waals surface area contributed by atoms with E-state index < -0.39 is 0 Å². The zero-order chi connectivity index (χ0) is 13.0. The number of hydrogen-bond acceptors (Lipinski definition) is 2. The zero-order valence-corrected chi connectivity index (χ0v) is 9.90. The largest absolute Gasteiger partial charge is 0.325 e. The maximum Gasteiger partial charge on any atom is 0.325 e. The number of anilines is 1. The van der Waals surface area contributed by atoms with Gasteiger partial charge < -0.3 is 5.73 Å². The third-order valence-electron chi connectivity index (χ3n) is 2.18.